The number of methoxy groups -OCH3 is 1. The molecule has 0 aromatic heterocycles. The molecule has 1 saturated carbocycles. The van der Waals surface area contributed by atoms with Gasteiger partial charge < -0.3 is 4.74 Å². The Hall–Kier alpha value is -0.610. The van der Waals surface area contributed by atoms with E-state index in [-0.39, 0.29) is 5.97 Å². The topological polar surface area (TPSA) is 32.8 Å². The normalized spacial score (nSPS) is 24.9. The maximum Gasteiger partial charge on any atom is 0.319 e. The van der Waals surface area contributed by atoms with Crippen molar-refractivity contribution in [2.24, 2.45) is 0 Å². The Morgan fingerprint density at radius 3 is 2.43 bits per heavy atom. The summed E-state index contributed by atoms with van der Waals surface area (Å²) in [5.41, 5.74) is 0. The minimum atomic E-state index is -0.120. The molecule has 0 unspecified atom stereocenters. The number of rotatable bonds is 3. The highest BCUT2D eigenvalue weighted by Crippen LogP contribution is 2.27. The predicted molar refractivity (Wildman–Crippen MR) is 53.1 cm³/mol. The SMILES string of the molecule is COC(=O)CN1CCN(C2CC2)CC1. The van der Waals surface area contributed by atoms with Crippen LogP contribution in [0.5, 0.6) is 0 Å². The molecule has 2 rings (SSSR count). The van der Waals surface area contributed by atoms with E-state index in [0.717, 1.165) is 32.2 Å². The molecule has 4 nitrogen and oxygen atoms in total. The van der Waals surface area contributed by atoms with E-state index in [0.29, 0.717) is 6.54 Å². The number of carbonyl (C=O) groups is 1. The molecule has 80 valence electrons. The van der Waals surface area contributed by atoms with Crippen LogP contribution in [0.4, 0.5) is 0 Å². The molecule has 2 aliphatic rings. The monoisotopic (exact) mass is 198 g/mol. The average molecular weight is 198 g/mol. The summed E-state index contributed by atoms with van der Waals surface area (Å²) < 4.78 is 4.65. The third-order valence-corrected chi connectivity index (χ3v) is 3.05. The number of hydrogen-bond acceptors (Lipinski definition) is 4. The van der Waals surface area contributed by atoms with Crippen molar-refractivity contribution in [2.75, 3.05) is 39.8 Å². The Kier molecular flexibility index (Phi) is 3.03. The van der Waals surface area contributed by atoms with Crippen LogP contribution in [-0.4, -0.2) is 61.6 Å². The van der Waals surface area contributed by atoms with Gasteiger partial charge in [-0.05, 0) is 12.8 Å². The first-order valence-electron chi connectivity index (χ1n) is 5.33. The lowest BCUT2D eigenvalue weighted by Crippen LogP contribution is -2.48. The number of hydrogen-bond donors (Lipinski definition) is 0. The molecule has 0 bridgehead atoms. The zero-order chi connectivity index (χ0) is 9.97. The van der Waals surface area contributed by atoms with Crippen molar-refractivity contribution in [3.63, 3.8) is 0 Å². The number of nitrogens with zero attached hydrogens (tertiary/aromatic N) is 2. The minimum absolute atomic E-state index is 0.120. The van der Waals surface area contributed by atoms with Gasteiger partial charge in [-0.1, -0.05) is 0 Å². The second kappa shape index (κ2) is 4.28. The van der Waals surface area contributed by atoms with Crippen molar-refractivity contribution >= 4 is 5.97 Å². The Morgan fingerprint density at radius 1 is 1.29 bits per heavy atom. The highest BCUT2D eigenvalue weighted by Gasteiger charge is 2.31. The van der Waals surface area contributed by atoms with Crippen LogP contribution in [0.25, 0.3) is 0 Å². The van der Waals surface area contributed by atoms with E-state index in [9.17, 15) is 4.79 Å². The highest BCUT2D eigenvalue weighted by molar-refractivity contribution is 5.71. The average Bonchev–Trinajstić information content (AvgIpc) is 3.02. The standard InChI is InChI=1S/C10H18N2O2/c1-14-10(13)8-11-4-6-12(7-5-11)9-2-3-9/h9H,2-8H2,1H3. The molecule has 0 N–H and O–H groups in total. The van der Waals surface area contributed by atoms with E-state index in [1.807, 2.05) is 0 Å². The lowest BCUT2D eigenvalue weighted by atomic mass is 10.3. The molecule has 1 aliphatic carbocycles. The zero-order valence-electron chi connectivity index (χ0n) is 8.74. The van der Waals surface area contributed by atoms with E-state index >= 15 is 0 Å². The maximum absolute atomic E-state index is 11.0. The van der Waals surface area contributed by atoms with E-state index in [1.165, 1.54) is 20.0 Å². The van der Waals surface area contributed by atoms with Gasteiger partial charge in [0.25, 0.3) is 0 Å². The Bertz CT molecular complexity index is 208. The minimum Gasteiger partial charge on any atom is -0.468 e. The summed E-state index contributed by atoms with van der Waals surface area (Å²) in [6.45, 7) is 4.69. The fourth-order valence-corrected chi connectivity index (χ4v) is 1.97. The molecule has 0 spiro atoms. The lowest BCUT2D eigenvalue weighted by molar-refractivity contribution is -0.142. The predicted octanol–water partition coefficient (Wildman–Crippen LogP) is -0.0606. The van der Waals surface area contributed by atoms with Gasteiger partial charge in [-0.15, -0.1) is 0 Å². The quantitative estimate of drug-likeness (QED) is 0.595. The van der Waals surface area contributed by atoms with Crippen LogP contribution in [0.15, 0.2) is 0 Å². The summed E-state index contributed by atoms with van der Waals surface area (Å²) in [5, 5.41) is 0. The summed E-state index contributed by atoms with van der Waals surface area (Å²) in [4.78, 5) is 15.7. The lowest BCUT2D eigenvalue weighted by Gasteiger charge is -2.33. The number of carbonyl (C=O) groups excluding carboxylic acids is 1. The summed E-state index contributed by atoms with van der Waals surface area (Å²) in [6, 6.07) is 0.857. The largest absolute Gasteiger partial charge is 0.468 e. The van der Waals surface area contributed by atoms with Crippen LogP contribution in [0.3, 0.4) is 0 Å². The third kappa shape index (κ3) is 2.45. The molecule has 0 amide bonds. The second-order valence-electron chi connectivity index (χ2n) is 4.12. The van der Waals surface area contributed by atoms with E-state index in [4.69, 9.17) is 0 Å². The van der Waals surface area contributed by atoms with E-state index < -0.39 is 0 Å². The van der Waals surface area contributed by atoms with Crippen molar-refractivity contribution in [1.29, 1.82) is 0 Å². The number of esters is 1. The van der Waals surface area contributed by atoms with Gasteiger partial charge >= 0.3 is 5.97 Å². The fraction of sp³-hybridized carbons (Fsp3) is 0.900. The van der Waals surface area contributed by atoms with Gasteiger partial charge in [-0.25, -0.2) is 0 Å². The summed E-state index contributed by atoms with van der Waals surface area (Å²) in [6.07, 6.45) is 2.74. The molecule has 1 saturated heterocycles. The van der Waals surface area contributed by atoms with Gasteiger partial charge in [0.05, 0.1) is 13.7 Å². The first-order chi connectivity index (χ1) is 6.79. The van der Waals surface area contributed by atoms with Crippen LogP contribution in [0, 0.1) is 0 Å². The van der Waals surface area contributed by atoms with Crippen molar-refractivity contribution in [3.8, 4) is 0 Å². The Balaban J connectivity index is 1.69. The molecule has 0 aromatic rings. The highest BCUT2D eigenvalue weighted by atomic mass is 16.5. The summed E-state index contributed by atoms with van der Waals surface area (Å²) >= 11 is 0. The molecule has 2 fully saturated rings. The van der Waals surface area contributed by atoms with E-state index in [1.54, 1.807) is 0 Å². The molecule has 0 atom stereocenters. The van der Waals surface area contributed by atoms with Crippen LogP contribution < -0.4 is 0 Å². The van der Waals surface area contributed by atoms with Gasteiger partial charge in [0.1, 0.15) is 0 Å². The molecule has 0 aromatic carbocycles. The van der Waals surface area contributed by atoms with Gasteiger partial charge in [0, 0.05) is 32.2 Å². The molecular formula is C10H18N2O2. The summed E-state index contributed by atoms with van der Waals surface area (Å²) in [5.74, 6) is -0.120. The van der Waals surface area contributed by atoms with Crippen molar-refractivity contribution in [1.82, 2.24) is 9.80 Å². The van der Waals surface area contributed by atoms with Gasteiger partial charge in [-0.2, -0.15) is 0 Å². The van der Waals surface area contributed by atoms with Crippen LogP contribution in [-0.2, 0) is 9.53 Å². The van der Waals surface area contributed by atoms with Crippen molar-refractivity contribution < 1.29 is 9.53 Å². The Morgan fingerprint density at radius 2 is 1.93 bits per heavy atom. The van der Waals surface area contributed by atoms with Crippen molar-refractivity contribution in [2.45, 2.75) is 18.9 Å². The molecule has 1 heterocycles. The van der Waals surface area contributed by atoms with Crippen molar-refractivity contribution in [3.05, 3.63) is 0 Å². The van der Waals surface area contributed by atoms with Gasteiger partial charge in [0.2, 0.25) is 0 Å². The molecule has 1 aliphatic heterocycles. The van der Waals surface area contributed by atoms with E-state index in [2.05, 4.69) is 14.5 Å². The number of ether oxygens (including phenoxy) is 1. The summed E-state index contributed by atoms with van der Waals surface area (Å²) in [7, 11) is 1.45. The number of piperazine rings is 1. The first-order valence-corrected chi connectivity index (χ1v) is 5.33. The second-order valence-corrected chi connectivity index (χ2v) is 4.12. The Labute approximate surface area is 84.8 Å². The fourth-order valence-electron chi connectivity index (χ4n) is 1.97. The van der Waals surface area contributed by atoms with Crippen LogP contribution >= 0.6 is 0 Å². The van der Waals surface area contributed by atoms with Crippen LogP contribution in [0.1, 0.15) is 12.8 Å². The van der Waals surface area contributed by atoms with Gasteiger partial charge in [-0.3, -0.25) is 14.6 Å². The maximum atomic E-state index is 11.0. The molecule has 4 heteroatoms. The molecule has 14 heavy (non-hydrogen) atoms. The van der Waals surface area contributed by atoms with Crippen LogP contribution in [0.2, 0.25) is 0 Å². The smallest absolute Gasteiger partial charge is 0.319 e. The molecular weight excluding hydrogens is 180 g/mol. The van der Waals surface area contributed by atoms with Gasteiger partial charge in [0.15, 0.2) is 0 Å². The zero-order valence-corrected chi connectivity index (χ0v) is 8.74. The first kappa shape index (κ1) is 9.93. The third-order valence-electron chi connectivity index (χ3n) is 3.05. The molecule has 0 radical (unpaired) electrons.